The van der Waals surface area contributed by atoms with Gasteiger partial charge in [-0.15, -0.1) is 0 Å². The molecule has 1 aliphatic rings. The Morgan fingerprint density at radius 2 is 1.53 bits per heavy atom. The van der Waals surface area contributed by atoms with Crippen molar-refractivity contribution in [2.75, 3.05) is 78.3 Å². The van der Waals surface area contributed by atoms with Gasteiger partial charge in [0.15, 0.2) is 6.23 Å². The van der Waals surface area contributed by atoms with Crippen LogP contribution in [0.15, 0.2) is 11.0 Å². The van der Waals surface area contributed by atoms with E-state index in [1.165, 1.54) is 13.1 Å². The van der Waals surface area contributed by atoms with Crippen LogP contribution in [0.25, 0.3) is 0 Å². The van der Waals surface area contributed by atoms with Crippen LogP contribution in [0.3, 0.4) is 0 Å². The molecule has 0 aliphatic carbocycles. The Balaban J connectivity index is 1.68. The van der Waals surface area contributed by atoms with Crippen LogP contribution in [0.4, 0.5) is 5.82 Å². The fourth-order valence-corrected chi connectivity index (χ4v) is 5.18. The molecule has 0 aromatic carbocycles. The molecule has 1 fully saturated rings. The molecule has 0 radical (unpaired) electrons. The molecule has 2 heterocycles. The van der Waals surface area contributed by atoms with Gasteiger partial charge < -0.3 is 64.7 Å². The van der Waals surface area contributed by atoms with Crippen molar-refractivity contribution in [1.82, 2.24) is 20.2 Å². The van der Waals surface area contributed by atoms with Crippen LogP contribution in [-0.2, 0) is 57.9 Å². The number of anilines is 1. The minimum Gasteiger partial charge on any atom is -0.386 e. The molecule has 22 nitrogen and oxygen atoms in total. The number of aromatic nitrogens is 2. The maximum atomic E-state index is 12.6. The van der Waals surface area contributed by atoms with E-state index in [9.17, 15) is 38.4 Å². The molecule has 24 heteroatoms. The number of amides is 2. The van der Waals surface area contributed by atoms with Gasteiger partial charge in [-0.1, -0.05) is 0 Å². The highest BCUT2D eigenvalue weighted by Crippen LogP contribution is 2.45. The number of hydrogen-bond donors (Lipinski definition) is 8. The molecule has 1 aromatic rings. The van der Waals surface area contributed by atoms with Crippen LogP contribution in [0, 0.1) is 0 Å². The van der Waals surface area contributed by atoms with Crippen LogP contribution in [-0.4, -0.2) is 137 Å². The topological polar surface area (TPSA) is 319 Å². The summed E-state index contributed by atoms with van der Waals surface area (Å²) in [5.41, 5.74) is 5.19. The summed E-state index contributed by atoms with van der Waals surface area (Å²) in [5, 5.41) is 16.0. The van der Waals surface area contributed by atoms with E-state index in [0.29, 0.717) is 58.2 Å². The third kappa shape index (κ3) is 17.9. The number of phosphoric acid groups is 2. The zero-order chi connectivity index (χ0) is 36.5. The molecular weight excluding hydrogens is 704 g/mol. The molecule has 0 saturated carbocycles. The Labute approximate surface area is 281 Å². The number of phosphoric ester groups is 2. The smallest absolute Gasteiger partial charge is 0.386 e. The van der Waals surface area contributed by atoms with Gasteiger partial charge in [0.1, 0.15) is 24.1 Å². The monoisotopic (exact) mass is 749 g/mol. The molecule has 1 aromatic heterocycles. The average molecular weight is 750 g/mol. The van der Waals surface area contributed by atoms with Crippen molar-refractivity contribution in [3.63, 3.8) is 0 Å². The number of carbonyl (C=O) groups excluding carboxylic acids is 2. The number of rotatable bonds is 25. The van der Waals surface area contributed by atoms with Gasteiger partial charge in [-0.25, -0.2) is 13.9 Å². The van der Waals surface area contributed by atoms with Crippen molar-refractivity contribution in [1.29, 1.82) is 0 Å². The van der Waals surface area contributed by atoms with Gasteiger partial charge in [0.25, 0.3) is 0 Å². The molecule has 4 atom stereocenters. The van der Waals surface area contributed by atoms with Gasteiger partial charge in [-0.05, 0) is 12.8 Å². The Morgan fingerprint density at radius 1 is 0.939 bits per heavy atom. The number of aliphatic hydroxyl groups excluding tert-OH is 1. The fourth-order valence-electron chi connectivity index (χ4n) is 4.26. The van der Waals surface area contributed by atoms with Gasteiger partial charge in [0.05, 0.1) is 59.5 Å². The van der Waals surface area contributed by atoms with E-state index >= 15 is 0 Å². The van der Waals surface area contributed by atoms with E-state index < -0.39 is 52.5 Å². The van der Waals surface area contributed by atoms with Crippen LogP contribution in [0.5, 0.6) is 0 Å². The minimum atomic E-state index is -5.23. The highest BCUT2D eigenvalue weighted by atomic mass is 31.2. The van der Waals surface area contributed by atoms with Crippen molar-refractivity contribution in [3.05, 3.63) is 22.2 Å². The highest BCUT2D eigenvalue weighted by molar-refractivity contribution is 7.46. The predicted octanol–water partition coefficient (Wildman–Crippen LogP) is -2.69. The summed E-state index contributed by atoms with van der Waals surface area (Å²) >= 11 is 0. The number of nitrogen functional groups attached to an aromatic ring is 1. The number of carbonyl (C=O) groups is 2. The quantitative estimate of drug-likeness (QED) is 0.0373. The summed E-state index contributed by atoms with van der Waals surface area (Å²) < 4.78 is 59.1. The zero-order valence-corrected chi connectivity index (χ0v) is 28.6. The molecule has 2 rings (SSSR count). The molecule has 282 valence electrons. The van der Waals surface area contributed by atoms with Crippen molar-refractivity contribution < 1.29 is 76.1 Å². The summed E-state index contributed by atoms with van der Waals surface area (Å²) in [4.78, 5) is 75.5. The summed E-state index contributed by atoms with van der Waals surface area (Å²) in [7, 11) is -10.3. The lowest BCUT2D eigenvalue weighted by Crippen LogP contribution is -2.38. The highest BCUT2D eigenvalue weighted by Gasteiger charge is 2.49. The van der Waals surface area contributed by atoms with Crippen molar-refractivity contribution in [2.24, 2.45) is 0 Å². The van der Waals surface area contributed by atoms with Crippen molar-refractivity contribution in [3.8, 4) is 0 Å². The second-order valence-electron chi connectivity index (χ2n) is 10.4. The molecule has 0 spiro atoms. The predicted molar refractivity (Wildman–Crippen MR) is 166 cm³/mol. The number of nitrogens with zero attached hydrogens (tertiary/aromatic N) is 2. The largest absolute Gasteiger partial charge is 0.470 e. The first-order valence-corrected chi connectivity index (χ1v) is 18.1. The van der Waals surface area contributed by atoms with Crippen LogP contribution in [0.2, 0.25) is 0 Å². The summed E-state index contributed by atoms with van der Waals surface area (Å²) in [6.07, 6.45) is -5.13. The minimum absolute atomic E-state index is 0.0985. The number of nitrogens with one attached hydrogen (secondary N) is 2. The molecule has 2 amide bonds. The summed E-state index contributed by atoms with van der Waals surface area (Å²) in [5.74, 6) is -0.527. The van der Waals surface area contributed by atoms with Crippen LogP contribution >= 0.6 is 15.6 Å². The maximum absolute atomic E-state index is 12.6. The lowest BCUT2D eigenvalue weighted by Gasteiger charge is -2.21. The molecule has 1 aliphatic heterocycles. The average Bonchev–Trinajstić information content (AvgIpc) is 3.29. The molecule has 9 N–H and O–H groups in total. The first kappa shape index (κ1) is 42.8. The number of nitrogens with two attached hydrogens (primary N) is 1. The Kier molecular flexibility index (Phi) is 19.0. The van der Waals surface area contributed by atoms with E-state index in [1.54, 1.807) is 0 Å². The lowest BCUT2D eigenvalue weighted by molar-refractivity contribution is -0.122. The number of ether oxygens (including phenoxy) is 5. The standard InChI is InChI=1S/C25H45N5O17P2/c1-17(31)27-6-8-42-10-12-44-14-13-43-11-9-41-7-4-20(32)28-5-2-3-18-15-30(25(34)29-23(18)26)24-21(33)22(47-49(38,39)40)19(46-24)16-45-48(35,36)37/h15,19,21-22,24,33H,2-14,16H2,1H3,(H,27,31)(H,28,32)(H2,26,29,34)(H2,35,36,37)(H2,38,39,40)/t19-,21+,22?,24-/m1/s1. The molecule has 49 heavy (non-hydrogen) atoms. The van der Waals surface area contributed by atoms with Gasteiger partial charge in [-0.2, -0.15) is 4.98 Å². The van der Waals surface area contributed by atoms with E-state index in [4.69, 9.17) is 39.2 Å². The van der Waals surface area contributed by atoms with Crippen molar-refractivity contribution >= 4 is 33.3 Å². The summed E-state index contributed by atoms with van der Waals surface area (Å²) in [6.45, 7) is 3.87. The van der Waals surface area contributed by atoms with Gasteiger partial charge >= 0.3 is 21.3 Å². The molecule has 1 unspecified atom stereocenters. The van der Waals surface area contributed by atoms with E-state index in [0.717, 1.165) is 4.57 Å². The first-order valence-electron chi connectivity index (χ1n) is 15.0. The van der Waals surface area contributed by atoms with E-state index in [-0.39, 0.29) is 50.2 Å². The Bertz CT molecular complexity index is 1330. The number of aliphatic hydroxyl groups is 1. The van der Waals surface area contributed by atoms with E-state index in [1.807, 2.05) is 0 Å². The first-order chi connectivity index (χ1) is 23.1. The van der Waals surface area contributed by atoms with Crippen LogP contribution < -0.4 is 22.1 Å². The Morgan fingerprint density at radius 3 is 2.10 bits per heavy atom. The Hall–Kier alpha value is -2.40. The van der Waals surface area contributed by atoms with Gasteiger partial charge in [0.2, 0.25) is 11.8 Å². The third-order valence-corrected chi connectivity index (χ3v) is 7.47. The normalized spacial score (nSPS) is 19.6. The molecule has 1 saturated heterocycles. The van der Waals surface area contributed by atoms with E-state index in [2.05, 4.69) is 24.7 Å². The number of hydrogen-bond acceptors (Lipinski definition) is 15. The van der Waals surface area contributed by atoms with Gasteiger partial charge in [-0.3, -0.25) is 23.2 Å². The zero-order valence-electron chi connectivity index (χ0n) is 26.8. The second-order valence-corrected chi connectivity index (χ2v) is 12.8. The molecular formula is C25H45N5O17P2. The SMILES string of the molecule is CC(=O)NCCOCCOCCOCCOCCC(=O)NCCCc1cn([C@@H]2O[C@H](COP(=O)(O)O)C(OP(=O)(O)O)[C@@H]2O)c(=O)nc1N. The van der Waals surface area contributed by atoms with Crippen molar-refractivity contribution in [2.45, 2.75) is 50.7 Å². The molecule has 0 bridgehead atoms. The second kappa shape index (κ2) is 21.7. The lowest BCUT2D eigenvalue weighted by atomic mass is 10.1. The van der Waals surface area contributed by atoms with Gasteiger partial charge in [0, 0.05) is 38.2 Å². The third-order valence-electron chi connectivity index (χ3n) is 6.47. The fraction of sp³-hybridized carbons (Fsp3) is 0.760. The van der Waals surface area contributed by atoms with Crippen LogP contribution in [0.1, 0.15) is 31.6 Å². The summed E-state index contributed by atoms with van der Waals surface area (Å²) in [6, 6.07) is 0. The number of aryl methyl sites for hydroxylation is 1. The maximum Gasteiger partial charge on any atom is 0.470 e.